The van der Waals surface area contributed by atoms with Crippen molar-refractivity contribution in [2.75, 3.05) is 5.75 Å². The average molecular weight is 216 g/mol. The molecule has 1 saturated heterocycles. The fourth-order valence-electron chi connectivity index (χ4n) is 2.76. The summed E-state index contributed by atoms with van der Waals surface area (Å²) in [5.41, 5.74) is 0. The second-order valence-corrected chi connectivity index (χ2v) is 7.39. The highest BCUT2D eigenvalue weighted by molar-refractivity contribution is 8.77. The van der Waals surface area contributed by atoms with Crippen LogP contribution in [0.25, 0.3) is 0 Å². The molecule has 76 valence electrons. The van der Waals surface area contributed by atoms with Crippen molar-refractivity contribution < 1.29 is 0 Å². The summed E-state index contributed by atoms with van der Waals surface area (Å²) in [7, 11) is 4.31. The molecule has 1 aliphatic carbocycles. The van der Waals surface area contributed by atoms with Gasteiger partial charge in [-0.2, -0.15) is 0 Å². The second-order valence-electron chi connectivity index (χ2n) is 4.80. The van der Waals surface area contributed by atoms with Crippen molar-refractivity contribution >= 4 is 21.6 Å². The summed E-state index contributed by atoms with van der Waals surface area (Å²) in [4.78, 5) is 0. The lowest BCUT2D eigenvalue weighted by Crippen LogP contribution is -2.35. The normalized spacial score (nSPS) is 40.4. The van der Waals surface area contributed by atoms with Crippen molar-refractivity contribution in [1.29, 1.82) is 0 Å². The molecule has 2 rings (SSSR count). The summed E-state index contributed by atoms with van der Waals surface area (Å²) in [6, 6.07) is 0. The zero-order valence-corrected chi connectivity index (χ0v) is 10.3. The summed E-state index contributed by atoms with van der Waals surface area (Å²) in [5, 5.41) is 0.948. The largest absolute Gasteiger partial charge is 0.0936 e. The van der Waals surface area contributed by atoms with E-state index in [-0.39, 0.29) is 0 Å². The molecule has 0 aromatic carbocycles. The van der Waals surface area contributed by atoms with Gasteiger partial charge in [-0.15, -0.1) is 0 Å². The van der Waals surface area contributed by atoms with E-state index < -0.39 is 0 Å². The third-order valence-electron chi connectivity index (χ3n) is 3.51. The van der Waals surface area contributed by atoms with E-state index in [0.29, 0.717) is 0 Å². The quantitative estimate of drug-likeness (QED) is 0.602. The average Bonchev–Trinajstić information content (AvgIpc) is 2.17. The topological polar surface area (TPSA) is 0 Å². The van der Waals surface area contributed by atoms with E-state index in [1.54, 1.807) is 0 Å². The van der Waals surface area contributed by atoms with Crippen molar-refractivity contribution in [3.8, 4) is 0 Å². The number of rotatable bonds is 1. The van der Waals surface area contributed by atoms with Crippen LogP contribution in [-0.4, -0.2) is 11.0 Å². The lowest BCUT2D eigenvalue weighted by molar-refractivity contribution is 0.231. The smallest absolute Gasteiger partial charge is 0.0205 e. The number of hydrogen-bond acceptors (Lipinski definition) is 2. The van der Waals surface area contributed by atoms with Crippen LogP contribution >= 0.6 is 21.6 Å². The predicted molar refractivity (Wildman–Crippen MR) is 64.1 cm³/mol. The molecule has 0 aromatic heterocycles. The summed E-state index contributed by atoms with van der Waals surface area (Å²) in [6.07, 6.45) is 6.02. The molecule has 0 N–H and O–H groups in total. The van der Waals surface area contributed by atoms with E-state index in [1.165, 1.54) is 31.4 Å². The molecule has 2 fully saturated rings. The van der Waals surface area contributed by atoms with E-state index in [9.17, 15) is 0 Å². The van der Waals surface area contributed by atoms with Gasteiger partial charge in [-0.3, -0.25) is 0 Å². The van der Waals surface area contributed by atoms with Crippen LogP contribution in [-0.2, 0) is 0 Å². The Morgan fingerprint density at radius 3 is 2.69 bits per heavy atom. The lowest BCUT2D eigenvalue weighted by Gasteiger charge is -2.42. The van der Waals surface area contributed by atoms with Gasteiger partial charge in [-0.1, -0.05) is 48.3 Å². The van der Waals surface area contributed by atoms with Crippen molar-refractivity contribution in [2.24, 2.45) is 17.8 Å². The summed E-state index contributed by atoms with van der Waals surface area (Å²) >= 11 is 0. The molecule has 0 bridgehead atoms. The first-order valence-corrected chi connectivity index (χ1v) is 7.95. The number of fused-ring (bicyclic) bond motifs is 1. The molecule has 0 radical (unpaired) electrons. The van der Waals surface area contributed by atoms with Gasteiger partial charge in [-0.05, 0) is 30.6 Å². The molecular weight excluding hydrogens is 196 g/mol. The Hall–Kier alpha value is 0.700. The van der Waals surface area contributed by atoms with Gasteiger partial charge >= 0.3 is 0 Å². The van der Waals surface area contributed by atoms with Gasteiger partial charge in [0.15, 0.2) is 0 Å². The molecule has 1 aliphatic heterocycles. The van der Waals surface area contributed by atoms with Crippen molar-refractivity contribution in [1.82, 2.24) is 0 Å². The molecule has 1 saturated carbocycles. The third-order valence-corrected chi connectivity index (χ3v) is 6.81. The Labute approximate surface area is 90.0 Å². The molecule has 3 unspecified atom stereocenters. The molecule has 0 amide bonds. The van der Waals surface area contributed by atoms with Gasteiger partial charge in [-0.25, -0.2) is 0 Å². The molecule has 0 aromatic rings. The Balaban J connectivity index is 2.02. The summed E-state index contributed by atoms with van der Waals surface area (Å²) < 4.78 is 0. The van der Waals surface area contributed by atoms with E-state index in [4.69, 9.17) is 0 Å². The van der Waals surface area contributed by atoms with Gasteiger partial charge in [0, 0.05) is 11.0 Å². The first-order valence-electron chi connectivity index (χ1n) is 5.57. The van der Waals surface area contributed by atoms with Gasteiger partial charge < -0.3 is 0 Å². The second kappa shape index (κ2) is 4.48. The van der Waals surface area contributed by atoms with Crippen LogP contribution in [0.3, 0.4) is 0 Å². The monoisotopic (exact) mass is 216 g/mol. The van der Waals surface area contributed by atoms with E-state index >= 15 is 0 Å². The SMILES string of the molecule is CC(C)C1SSCC2CCCCC21. The van der Waals surface area contributed by atoms with Gasteiger partial charge in [0.05, 0.1) is 0 Å². The summed E-state index contributed by atoms with van der Waals surface area (Å²) in [5.74, 6) is 4.43. The molecule has 2 heteroatoms. The minimum atomic E-state index is 0.878. The Morgan fingerprint density at radius 2 is 1.92 bits per heavy atom. The van der Waals surface area contributed by atoms with Crippen molar-refractivity contribution in [3.63, 3.8) is 0 Å². The molecule has 2 aliphatic rings. The van der Waals surface area contributed by atoms with E-state index in [2.05, 4.69) is 35.4 Å². The predicted octanol–water partition coefficient (Wildman–Crippen LogP) is 4.21. The van der Waals surface area contributed by atoms with Crippen LogP contribution in [0.2, 0.25) is 0 Å². The van der Waals surface area contributed by atoms with Gasteiger partial charge in [0.1, 0.15) is 0 Å². The number of hydrogen-bond donors (Lipinski definition) is 0. The standard InChI is InChI=1S/C11H20S2/c1-8(2)11-10-6-4-3-5-9(10)7-12-13-11/h8-11H,3-7H2,1-2H3. The maximum atomic E-state index is 2.40. The molecule has 0 spiro atoms. The molecule has 3 atom stereocenters. The van der Waals surface area contributed by atoms with Crippen molar-refractivity contribution in [3.05, 3.63) is 0 Å². The fraction of sp³-hybridized carbons (Fsp3) is 1.00. The first-order chi connectivity index (χ1) is 6.29. The minimum absolute atomic E-state index is 0.878. The van der Waals surface area contributed by atoms with Crippen LogP contribution < -0.4 is 0 Å². The van der Waals surface area contributed by atoms with Crippen LogP contribution in [0.1, 0.15) is 39.5 Å². The minimum Gasteiger partial charge on any atom is -0.0936 e. The maximum Gasteiger partial charge on any atom is 0.0205 e. The third kappa shape index (κ3) is 2.20. The van der Waals surface area contributed by atoms with E-state index in [1.807, 2.05) is 0 Å². The van der Waals surface area contributed by atoms with Gasteiger partial charge in [0.25, 0.3) is 0 Å². The zero-order valence-electron chi connectivity index (χ0n) is 8.66. The fourth-order valence-corrected chi connectivity index (χ4v) is 6.63. The van der Waals surface area contributed by atoms with E-state index in [0.717, 1.165) is 23.0 Å². The van der Waals surface area contributed by atoms with Crippen LogP contribution in [0.15, 0.2) is 0 Å². The van der Waals surface area contributed by atoms with Crippen molar-refractivity contribution in [2.45, 2.75) is 44.8 Å². The maximum absolute atomic E-state index is 2.40. The first kappa shape index (κ1) is 10.2. The Morgan fingerprint density at radius 1 is 1.15 bits per heavy atom. The molecule has 13 heavy (non-hydrogen) atoms. The van der Waals surface area contributed by atoms with Gasteiger partial charge in [0.2, 0.25) is 0 Å². The van der Waals surface area contributed by atoms with Crippen LogP contribution in [0.4, 0.5) is 0 Å². The zero-order chi connectivity index (χ0) is 9.26. The highest BCUT2D eigenvalue weighted by Gasteiger charge is 2.37. The van der Waals surface area contributed by atoms with Crippen LogP contribution in [0, 0.1) is 17.8 Å². The lowest BCUT2D eigenvalue weighted by atomic mass is 9.76. The highest BCUT2D eigenvalue weighted by Crippen LogP contribution is 2.50. The molecule has 0 nitrogen and oxygen atoms in total. The Kier molecular flexibility index (Phi) is 3.52. The van der Waals surface area contributed by atoms with Crippen LogP contribution in [0.5, 0.6) is 0 Å². The molecule has 1 heterocycles. The Bertz CT molecular complexity index is 165. The summed E-state index contributed by atoms with van der Waals surface area (Å²) in [6.45, 7) is 4.80. The molecular formula is C11H20S2. The highest BCUT2D eigenvalue weighted by atomic mass is 33.1.